The number of hydrogen-bond acceptors (Lipinski definition) is 4. The van der Waals surface area contributed by atoms with Crippen molar-refractivity contribution in [1.82, 2.24) is 9.78 Å². The summed E-state index contributed by atoms with van der Waals surface area (Å²) in [5, 5.41) is 15.3. The Hall–Kier alpha value is -2.81. The molecular weight excluding hydrogens is 268 g/mol. The fourth-order valence-electron chi connectivity index (χ4n) is 1.78. The molecule has 0 saturated carbocycles. The highest BCUT2D eigenvalue weighted by Gasteiger charge is 2.07. The van der Waals surface area contributed by atoms with Gasteiger partial charge in [-0.1, -0.05) is 12.1 Å². The number of amides is 1. The van der Waals surface area contributed by atoms with Gasteiger partial charge in [0.2, 0.25) is 5.91 Å². The van der Waals surface area contributed by atoms with Crippen molar-refractivity contribution >= 4 is 11.6 Å². The molecular formula is C15H16N4O2. The first-order valence-corrected chi connectivity index (χ1v) is 6.63. The highest BCUT2D eigenvalue weighted by atomic mass is 16.5. The molecule has 0 unspecified atom stereocenters. The average Bonchev–Trinajstić information content (AvgIpc) is 2.94. The second-order valence-electron chi connectivity index (χ2n) is 4.37. The summed E-state index contributed by atoms with van der Waals surface area (Å²) in [6.45, 7) is 3.18. The third kappa shape index (κ3) is 4.08. The van der Waals surface area contributed by atoms with E-state index in [1.807, 2.05) is 29.9 Å². The SMILES string of the molecule is CCn1cc(COc2ccccc2NC(=O)CC#N)cn1. The molecule has 0 spiro atoms. The molecule has 108 valence electrons. The number of ether oxygens (including phenoxy) is 1. The first-order chi connectivity index (χ1) is 10.2. The zero-order valence-electron chi connectivity index (χ0n) is 11.7. The summed E-state index contributed by atoms with van der Waals surface area (Å²) in [6, 6.07) is 8.94. The molecule has 6 nitrogen and oxygen atoms in total. The van der Waals surface area contributed by atoms with Crippen LogP contribution < -0.4 is 10.1 Å². The van der Waals surface area contributed by atoms with E-state index in [2.05, 4.69) is 10.4 Å². The molecule has 21 heavy (non-hydrogen) atoms. The number of nitrogens with one attached hydrogen (secondary N) is 1. The first-order valence-electron chi connectivity index (χ1n) is 6.63. The molecule has 0 aliphatic rings. The van der Waals surface area contributed by atoms with Crippen LogP contribution in [0.15, 0.2) is 36.7 Å². The van der Waals surface area contributed by atoms with Gasteiger partial charge < -0.3 is 10.1 Å². The van der Waals surface area contributed by atoms with Gasteiger partial charge in [-0.15, -0.1) is 0 Å². The van der Waals surface area contributed by atoms with Gasteiger partial charge in [-0.05, 0) is 19.1 Å². The number of para-hydroxylation sites is 2. The van der Waals surface area contributed by atoms with Crippen LogP contribution in [0.1, 0.15) is 18.9 Å². The molecule has 2 rings (SSSR count). The first kappa shape index (κ1) is 14.6. The lowest BCUT2D eigenvalue weighted by molar-refractivity contribution is -0.115. The van der Waals surface area contributed by atoms with Crippen molar-refractivity contribution in [3.63, 3.8) is 0 Å². The van der Waals surface area contributed by atoms with Crippen LogP contribution in [0, 0.1) is 11.3 Å². The molecule has 6 heteroatoms. The van der Waals surface area contributed by atoms with Crippen LogP contribution in [0.5, 0.6) is 5.75 Å². The lowest BCUT2D eigenvalue weighted by Gasteiger charge is -2.11. The van der Waals surface area contributed by atoms with Crippen molar-refractivity contribution in [3.8, 4) is 11.8 Å². The number of hydrogen-bond donors (Lipinski definition) is 1. The second kappa shape index (κ2) is 7.10. The van der Waals surface area contributed by atoms with Gasteiger partial charge in [0, 0.05) is 18.3 Å². The van der Waals surface area contributed by atoms with Crippen molar-refractivity contribution in [2.75, 3.05) is 5.32 Å². The van der Waals surface area contributed by atoms with Crippen LogP contribution in [0.4, 0.5) is 5.69 Å². The molecule has 0 aliphatic heterocycles. The Labute approximate surface area is 123 Å². The summed E-state index contributed by atoms with van der Waals surface area (Å²) in [6.07, 6.45) is 3.48. The van der Waals surface area contributed by atoms with E-state index in [1.165, 1.54) is 0 Å². The highest BCUT2D eigenvalue weighted by Crippen LogP contribution is 2.24. The van der Waals surface area contributed by atoms with Gasteiger partial charge in [-0.25, -0.2) is 0 Å². The van der Waals surface area contributed by atoms with Gasteiger partial charge in [-0.2, -0.15) is 10.4 Å². The van der Waals surface area contributed by atoms with Crippen molar-refractivity contribution in [1.29, 1.82) is 5.26 Å². The summed E-state index contributed by atoms with van der Waals surface area (Å²) in [4.78, 5) is 11.5. The number of carbonyl (C=O) groups is 1. The lowest BCUT2D eigenvalue weighted by atomic mass is 10.2. The number of benzene rings is 1. The number of rotatable bonds is 6. The van der Waals surface area contributed by atoms with Gasteiger partial charge in [0.25, 0.3) is 0 Å². The van der Waals surface area contributed by atoms with Crippen LogP contribution in [-0.4, -0.2) is 15.7 Å². The van der Waals surface area contributed by atoms with Crippen molar-refractivity contribution in [2.45, 2.75) is 26.5 Å². The summed E-state index contributed by atoms with van der Waals surface area (Å²) in [5.41, 5.74) is 1.51. The molecule has 0 aliphatic carbocycles. The predicted octanol–water partition coefficient (Wildman–Crippen LogP) is 2.33. The van der Waals surface area contributed by atoms with Crippen LogP contribution >= 0.6 is 0 Å². The molecule has 0 bridgehead atoms. The van der Waals surface area contributed by atoms with Gasteiger partial charge in [-0.3, -0.25) is 9.48 Å². The number of anilines is 1. The maximum atomic E-state index is 11.5. The minimum atomic E-state index is -0.354. The molecule has 0 atom stereocenters. The van der Waals surface area contributed by atoms with Crippen molar-refractivity contribution in [2.24, 2.45) is 0 Å². The molecule has 2 aromatic rings. The standard InChI is InChI=1S/C15H16N4O2/c1-2-19-10-12(9-17-19)11-21-14-6-4-3-5-13(14)18-15(20)7-8-16/h3-6,9-10H,2,7,11H2,1H3,(H,18,20). The van der Waals surface area contributed by atoms with E-state index in [0.717, 1.165) is 12.1 Å². The molecule has 0 radical (unpaired) electrons. The minimum absolute atomic E-state index is 0.183. The number of carbonyl (C=O) groups excluding carboxylic acids is 1. The Morgan fingerprint density at radius 3 is 3.00 bits per heavy atom. The van der Waals surface area contributed by atoms with Gasteiger partial charge in [0.15, 0.2) is 0 Å². The monoisotopic (exact) mass is 284 g/mol. The minimum Gasteiger partial charge on any atom is -0.487 e. The van der Waals surface area contributed by atoms with Crippen molar-refractivity contribution in [3.05, 3.63) is 42.2 Å². The van der Waals surface area contributed by atoms with E-state index in [9.17, 15) is 4.79 Å². The Kier molecular flexibility index (Phi) is 4.94. The Morgan fingerprint density at radius 1 is 1.48 bits per heavy atom. The van der Waals surface area contributed by atoms with Crippen LogP contribution in [-0.2, 0) is 17.9 Å². The van der Waals surface area contributed by atoms with Gasteiger partial charge in [0.1, 0.15) is 18.8 Å². The molecule has 0 saturated heterocycles. The Bertz CT molecular complexity index is 658. The van der Waals surface area contributed by atoms with Gasteiger partial charge in [0.05, 0.1) is 18.0 Å². The number of aryl methyl sites for hydroxylation is 1. The average molecular weight is 284 g/mol. The summed E-state index contributed by atoms with van der Waals surface area (Å²) >= 11 is 0. The Balaban J connectivity index is 2.02. The molecule has 0 fully saturated rings. The molecule has 1 amide bonds. The summed E-state index contributed by atoms with van der Waals surface area (Å²) < 4.78 is 7.53. The molecule has 1 aromatic carbocycles. The van der Waals surface area contributed by atoms with E-state index >= 15 is 0 Å². The van der Waals surface area contributed by atoms with Crippen LogP contribution in [0.2, 0.25) is 0 Å². The summed E-state index contributed by atoms with van der Waals surface area (Å²) in [5.74, 6) is 0.209. The topological polar surface area (TPSA) is 79.9 Å². The van der Waals surface area contributed by atoms with E-state index < -0.39 is 0 Å². The van der Waals surface area contributed by atoms with Crippen LogP contribution in [0.3, 0.4) is 0 Å². The quantitative estimate of drug-likeness (QED) is 0.882. The Morgan fingerprint density at radius 2 is 2.29 bits per heavy atom. The van der Waals surface area contributed by atoms with E-state index in [0.29, 0.717) is 18.0 Å². The molecule has 1 heterocycles. The maximum absolute atomic E-state index is 11.5. The highest BCUT2D eigenvalue weighted by molar-refractivity contribution is 5.93. The van der Waals surface area contributed by atoms with E-state index in [-0.39, 0.29) is 12.3 Å². The van der Waals surface area contributed by atoms with Gasteiger partial charge >= 0.3 is 0 Å². The van der Waals surface area contributed by atoms with E-state index in [1.54, 1.807) is 24.4 Å². The third-order valence-corrected chi connectivity index (χ3v) is 2.81. The van der Waals surface area contributed by atoms with Crippen LogP contribution in [0.25, 0.3) is 0 Å². The fraction of sp³-hybridized carbons (Fsp3) is 0.267. The smallest absolute Gasteiger partial charge is 0.238 e. The third-order valence-electron chi connectivity index (χ3n) is 2.81. The molecule has 1 aromatic heterocycles. The number of aromatic nitrogens is 2. The zero-order valence-corrected chi connectivity index (χ0v) is 11.7. The molecule has 1 N–H and O–H groups in total. The van der Waals surface area contributed by atoms with E-state index in [4.69, 9.17) is 10.00 Å². The normalized spacial score (nSPS) is 9.90. The summed E-state index contributed by atoms with van der Waals surface area (Å²) in [7, 11) is 0. The van der Waals surface area contributed by atoms with Crippen molar-refractivity contribution < 1.29 is 9.53 Å². The predicted molar refractivity (Wildman–Crippen MR) is 77.5 cm³/mol. The number of nitriles is 1. The largest absolute Gasteiger partial charge is 0.487 e. The zero-order chi connectivity index (χ0) is 15.1. The fourth-order valence-corrected chi connectivity index (χ4v) is 1.78. The maximum Gasteiger partial charge on any atom is 0.238 e. The second-order valence-corrected chi connectivity index (χ2v) is 4.37. The lowest BCUT2D eigenvalue weighted by Crippen LogP contribution is -2.11. The number of nitrogens with zero attached hydrogens (tertiary/aromatic N) is 3.